The first-order valence-electron chi connectivity index (χ1n) is 5.62. The summed E-state index contributed by atoms with van der Waals surface area (Å²) in [6.45, 7) is 0.902. The number of hydrogen-bond donors (Lipinski definition) is 2. The highest BCUT2D eigenvalue weighted by Crippen LogP contribution is 2.23. The standard InChI is InChI=1S/C11H15ClF3N3O/c1-2-17-9(5-19-6-11(13,14)15)8-3-7(12)4-18-10(8)16/h3-4,9,17H,2,5-6H2,1H3,(H2,16,18). The second-order valence-electron chi connectivity index (χ2n) is 3.87. The minimum absolute atomic E-state index is 0.167. The van der Waals surface area contributed by atoms with Crippen molar-refractivity contribution < 1.29 is 17.9 Å². The van der Waals surface area contributed by atoms with E-state index in [0.29, 0.717) is 17.1 Å². The average Bonchev–Trinajstić information content (AvgIpc) is 2.30. The molecule has 0 amide bonds. The highest BCUT2D eigenvalue weighted by atomic mass is 35.5. The van der Waals surface area contributed by atoms with Crippen molar-refractivity contribution in [2.24, 2.45) is 0 Å². The first-order chi connectivity index (χ1) is 8.83. The lowest BCUT2D eigenvalue weighted by molar-refractivity contribution is -0.175. The predicted molar refractivity (Wildman–Crippen MR) is 67.0 cm³/mol. The Balaban J connectivity index is 2.73. The zero-order chi connectivity index (χ0) is 14.5. The third-order valence-corrected chi connectivity index (χ3v) is 2.50. The van der Waals surface area contributed by atoms with E-state index in [1.807, 2.05) is 6.92 Å². The van der Waals surface area contributed by atoms with E-state index in [1.165, 1.54) is 6.20 Å². The molecular weight excluding hydrogens is 283 g/mol. The van der Waals surface area contributed by atoms with Gasteiger partial charge in [0.25, 0.3) is 0 Å². The van der Waals surface area contributed by atoms with Crippen molar-refractivity contribution in [2.45, 2.75) is 19.1 Å². The first-order valence-corrected chi connectivity index (χ1v) is 6.00. The number of rotatable bonds is 6. The van der Waals surface area contributed by atoms with E-state index in [4.69, 9.17) is 17.3 Å². The second-order valence-corrected chi connectivity index (χ2v) is 4.31. The van der Waals surface area contributed by atoms with Gasteiger partial charge in [0.1, 0.15) is 12.4 Å². The van der Waals surface area contributed by atoms with E-state index < -0.39 is 18.8 Å². The average molecular weight is 298 g/mol. The molecule has 0 saturated heterocycles. The normalized spacial score (nSPS) is 13.5. The second kappa shape index (κ2) is 6.93. The third-order valence-electron chi connectivity index (χ3n) is 2.29. The fraction of sp³-hybridized carbons (Fsp3) is 0.545. The molecule has 3 N–H and O–H groups in total. The van der Waals surface area contributed by atoms with Crippen LogP contribution in [-0.2, 0) is 4.74 Å². The maximum absolute atomic E-state index is 12.0. The maximum atomic E-state index is 12.0. The van der Waals surface area contributed by atoms with E-state index in [-0.39, 0.29) is 12.4 Å². The summed E-state index contributed by atoms with van der Waals surface area (Å²) in [7, 11) is 0. The fourth-order valence-corrected chi connectivity index (χ4v) is 1.71. The van der Waals surface area contributed by atoms with Gasteiger partial charge in [-0.25, -0.2) is 4.98 Å². The molecule has 1 unspecified atom stereocenters. The van der Waals surface area contributed by atoms with Crippen LogP contribution in [0.3, 0.4) is 0 Å². The maximum Gasteiger partial charge on any atom is 0.411 e. The molecule has 0 spiro atoms. The Hall–Kier alpha value is -1.05. The molecule has 0 fully saturated rings. The quantitative estimate of drug-likeness (QED) is 0.847. The SMILES string of the molecule is CCNC(COCC(F)(F)F)c1cc(Cl)cnc1N. The summed E-state index contributed by atoms with van der Waals surface area (Å²) in [5.74, 6) is 0.214. The van der Waals surface area contributed by atoms with Crippen molar-refractivity contribution in [2.75, 3.05) is 25.5 Å². The molecule has 0 aliphatic heterocycles. The zero-order valence-electron chi connectivity index (χ0n) is 10.3. The molecule has 19 heavy (non-hydrogen) atoms. The van der Waals surface area contributed by atoms with Gasteiger partial charge in [-0.05, 0) is 12.6 Å². The highest BCUT2D eigenvalue weighted by Gasteiger charge is 2.28. The van der Waals surface area contributed by atoms with Crippen molar-refractivity contribution in [1.29, 1.82) is 0 Å². The van der Waals surface area contributed by atoms with Crippen molar-refractivity contribution in [1.82, 2.24) is 10.3 Å². The van der Waals surface area contributed by atoms with Crippen molar-refractivity contribution in [3.05, 3.63) is 22.8 Å². The van der Waals surface area contributed by atoms with E-state index >= 15 is 0 Å². The number of anilines is 1. The largest absolute Gasteiger partial charge is 0.411 e. The van der Waals surface area contributed by atoms with Crippen LogP contribution >= 0.6 is 11.6 Å². The number of halogens is 4. The number of alkyl halides is 3. The highest BCUT2D eigenvalue weighted by molar-refractivity contribution is 6.30. The molecule has 0 radical (unpaired) electrons. The van der Waals surface area contributed by atoms with Gasteiger partial charge in [-0.15, -0.1) is 0 Å². The van der Waals surface area contributed by atoms with Crippen molar-refractivity contribution >= 4 is 17.4 Å². The summed E-state index contributed by atoms with van der Waals surface area (Å²) in [4.78, 5) is 3.87. The molecular formula is C11H15ClF3N3O. The number of hydrogen-bond acceptors (Lipinski definition) is 4. The topological polar surface area (TPSA) is 60.2 Å². The number of nitrogen functional groups attached to an aromatic ring is 1. The molecule has 1 aromatic rings. The van der Waals surface area contributed by atoms with Crippen LogP contribution in [0.5, 0.6) is 0 Å². The van der Waals surface area contributed by atoms with Crippen LogP contribution in [-0.4, -0.2) is 30.9 Å². The molecule has 0 aliphatic carbocycles. The number of nitrogens with two attached hydrogens (primary N) is 1. The molecule has 0 bridgehead atoms. The molecule has 0 aliphatic rings. The number of aromatic nitrogens is 1. The summed E-state index contributed by atoms with van der Waals surface area (Å²) >= 11 is 5.80. The minimum Gasteiger partial charge on any atom is -0.383 e. The Morgan fingerprint density at radius 3 is 2.79 bits per heavy atom. The molecule has 1 aromatic heterocycles. The Kier molecular flexibility index (Phi) is 5.84. The summed E-state index contributed by atoms with van der Waals surface area (Å²) in [6.07, 6.45) is -2.98. The van der Waals surface area contributed by atoms with Crippen molar-refractivity contribution in [3.8, 4) is 0 Å². The fourth-order valence-electron chi connectivity index (χ4n) is 1.54. The predicted octanol–water partition coefficient (Wildman–Crippen LogP) is 2.55. The Labute approximate surface area is 114 Å². The number of nitrogens with zero attached hydrogens (tertiary/aromatic N) is 1. The Bertz CT molecular complexity index is 415. The molecule has 108 valence electrons. The van der Waals surface area contributed by atoms with Crippen LogP contribution in [0.1, 0.15) is 18.5 Å². The van der Waals surface area contributed by atoms with Gasteiger partial charge in [0.2, 0.25) is 0 Å². The third kappa shape index (κ3) is 5.63. The van der Waals surface area contributed by atoms with Crippen LogP contribution in [0.15, 0.2) is 12.3 Å². The number of ether oxygens (including phenoxy) is 1. The van der Waals surface area contributed by atoms with Gasteiger partial charge in [0.15, 0.2) is 0 Å². The summed E-state index contributed by atoms with van der Waals surface area (Å²) in [5, 5.41) is 3.35. The van der Waals surface area contributed by atoms with E-state index in [1.54, 1.807) is 6.07 Å². The van der Waals surface area contributed by atoms with Gasteiger partial charge in [-0.2, -0.15) is 13.2 Å². The van der Waals surface area contributed by atoms with Gasteiger partial charge in [0, 0.05) is 11.8 Å². The van der Waals surface area contributed by atoms with Crippen LogP contribution in [0.25, 0.3) is 0 Å². The number of pyridine rings is 1. The van der Waals surface area contributed by atoms with Gasteiger partial charge in [-0.3, -0.25) is 0 Å². The van der Waals surface area contributed by atoms with E-state index in [2.05, 4.69) is 15.0 Å². The Morgan fingerprint density at radius 2 is 2.21 bits per heavy atom. The molecule has 0 aromatic carbocycles. The van der Waals surface area contributed by atoms with Crippen LogP contribution in [0.4, 0.5) is 19.0 Å². The van der Waals surface area contributed by atoms with Gasteiger partial charge in [0.05, 0.1) is 17.7 Å². The molecule has 8 heteroatoms. The molecule has 1 rings (SSSR count). The lowest BCUT2D eigenvalue weighted by atomic mass is 10.1. The molecule has 0 saturated carbocycles. The molecule has 4 nitrogen and oxygen atoms in total. The lowest BCUT2D eigenvalue weighted by Gasteiger charge is -2.20. The zero-order valence-corrected chi connectivity index (χ0v) is 11.1. The molecule has 1 heterocycles. The van der Waals surface area contributed by atoms with Crippen LogP contribution < -0.4 is 11.1 Å². The summed E-state index contributed by atoms with van der Waals surface area (Å²) < 4.78 is 40.8. The van der Waals surface area contributed by atoms with Gasteiger partial charge >= 0.3 is 6.18 Å². The van der Waals surface area contributed by atoms with Gasteiger partial charge < -0.3 is 15.8 Å². The van der Waals surface area contributed by atoms with Crippen LogP contribution in [0.2, 0.25) is 5.02 Å². The van der Waals surface area contributed by atoms with Crippen molar-refractivity contribution in [3.63, 3.8) is 0 Å². The number of likely N-dealkylation sites (N-methyl/N-ethyl adjacent to an activating group) is 1. The minimum atomic E-state index is -4.35. The summed E-state index contributed by atoms with van der Waals surface area (Å²) in [6, 6.07) is 1.08. The molecule has 1 atom stereocenters. The van der Waals surface area contributed by atoms with Gasteiger partial charge in [-0.1, -0.05) is 18.5 Å². The Morgan fingerprint density at radius 1 is 1.53 bits per heavy atom. The summed E-state index contributed by atoms with van der Waals surface area (Å²) in [5.41, 5.74) is 6.22. The van der Waals surface area contributed by atoms with E-state index in [0.717, 1.165) is 0 Å². The first kappa shape index (κ1) is 16.0. The number of nitrogens with one attached hydrogen (secondary N) is 1. The van der Waals surface area contributed by atoms with E-state index in [9.17, 15) is 13.2 Å². The van der Waals surface area contributed by atoms with Crippen LogP contribution in [0, 0.1) is 0 Å². The lowest BCUT2D eigenvalue weighted by Crippen LogP contribution is -2.28. The smallest absolute Gasteiger partial charge is 0.383 e. The monoisotopic (exact) mass is 297 g/mol.